The highest BCUT2D eigenvalue weighted by molar-refractivity contribution is 7.07. The van der Waals surface area contributed by atoms with Crippen LogP contribution < -0.4 is 19.6 Å². The molecule has 7 nitrogen and oxygen atoms in total. The van der Waals surface area contributed by atoms with Gasteiger partial charge in [0.1, 0.15) is 17.3 Å². The summed E-state index contributed by atoms with van der Waals surface area (Å²) in [5.41, 5.74) is 3.22. The zero-order valence-electron chi connectivity index (χ0n) is 22.9. The SMILES string of the molecule is CCOC(=O)C1=C(C)N=c2s/c(=C\c3ccc(-c4cc(Cl)ccc4C)o3)c(=O)n2[C@@H]1c1ccc(OC(C)C)cc1. The van der Waals surface area contributed by atoms with E-state index in [-0.39, 0.29) is 18.3 Å². The molecule has 0 saturated carbocycles. The molecule has 0 aliphatic carbocycles. The van der Waals surface area contributed by atoms with E-state index in [2.05, 4.69) is 4.99 Å². The Labute approximate surface area is 240 Å². The van der Waals surface area contributed by atoms with Crippen molar-refractivity contribution >= 4 is 35.0 Å². The summed E-state index contributed by atoms with van der Waals surface area (Å²) in [5, 5.41) is 0.614. The van der Waals surface area contributed by atoms with Crippen LogP contribution in [0.1, 0.15) is 50.6 Å². The fraction of sp³-hybridized carbons (Fsp3) is 0.258. The zero-order chi connectivity index (χ0) is 28.6. The van der Waals surface area contributed by atoms with E-state index >= 15 is 0 Å². The van der Waals surface area contributed by atoms with Crippen LogP contribution in [0.3, 0.4) is 0 Å². The minimum Gasteiger partial charge on any atom is -0.491 e. The molecule has 0 saturated heterocycles. The van der Waals surface area contributed by atoms with Gasteiger partial charge in [-0.3, -0.25) is 9.36 Å². The summed E-state index contributed by atoms with van der Waals surface area (Å²) in [6.07, 6.45) is 1.72. The molecule has 0 amide bonds. The van der Waals surface area contributed by atoms with Crippen LogP contribution in [0, 0.1) is 6.92 Å². The highest BCUT2D eigenvalue weighted by Crippen LogP contribution is 2.32. The summed E-state index contributed by atoms with van der Waals surface area (Å²) in [5.74, 6) is 1.37. The summed E-state index contributed by atoms with van der Waals surface area (Å²) in [6.45, 7) is 9.61. The van der Waals surface area contributed by atoms with Gasteiger partial charge in [0.25, 0.3) is 5.56 Å². The molecule has 0 N–H and O–H groups in total. The van der Waals surface area contributed by atoms with Crippen LogP contribution >= 0.6 is 22.9 Å². The maximum atomic E-state index is 13.8. The van der Waals surface area contributed by atoms with Gasteiger partial charge in [0.15, 0.2) is 4.80 Å². The largest absolute Gasteiger partial charge is 0.491 e. The lowest BCUT2D eigenvalue weighted by Gasteiger charge is -2.25. The molecular formula is C31H29ClN2O5S. The van der Waals surface area contributed by atoms with Crippen molar-refractivity contribution in [2.24, 2.45) is 4.99 Å². The van der Waals surface area contributed by atoms with Crippen molar-refractivity contribution in [2.75, 3.05) is 6.61 Å². The van der Waals surface area contributed by atoms with Crippen molar-refractivity contribution in [1.29, 1.82) is 0 Å². The third-order valence-corrected chi connectivity index (χ3v) is 7.67. The van der Waals surface area contributed by atoms with E-state index in [9.17, 15) is 9.59 Å². The van der Waals surface area contributed by atoms with Crippen LogP contribution in [0.5, 0.6) is 5.75 Å². The number of aryl methyl sites for hydroxylation is 1. The third kappa shape index (κ3) is 5.42. The number of benzene rings is 2. The van der Waals surface area contributed by atoms with Crippen LogP contribution in [0.25, 0.3) is 17.4 Å². The van der Waals surface area contributed by atoms with Gasteiger partial charge in [0.05, 0.1) is 34.6 Å². The number of allylic oxidation sites excluding steroid dienone is 1. The summed E-state index contributed by atoms with van der Waals surface area (Å²) in [4.78, 5) is 32.1. The molecule has 2 aromatic carbocycles. The van der Waals surface area contributed by atoms with Crippen molar-refractivity contribution in [3.05, 3.63) is 107 Å². The molecule has 206 valence electrons. The molecule has 0 unspecified atom stereocenters. The number of fused-ring (bicyclic) bond motifs is 1. The predicted octanol–water partition coefficient (Wildman–Crippen LogP) is 5.81. The second-order valence-electron chi connectivity index (χ2n) is 9.70. The molecule has 40 heavy (non-hydrogen) atoms. The van der Waals surface area contributed by atoms with Gasteiger partial charge < -0.3 is 13.9 Å². The third-order valence-electron chi connectivity index (χ3n) is 6.45. The molecule has 9 heteroatoms. The van der Waals surface area contributed by atoms with E-state index in [1.807, 2.05) is 75.4 Å². The van der Waals surface area contributed by atoms with Crippen molar-refractivity contribution in [2.45, 2.75) is 46.8 Å². The van der Waals surface area contributed by atoms with Crippen LogP contribution in [0.2, 0.25) is 5.02 Å². The van der Waals surface area contributed by atoms with Crippen molar-refractivity contribution in [3.63, 3.8) is 0 Å². The lowest BCUT2D eigenvalue weighted by molar-refractivity contribution is -0.139. The van der Waals surface area contributed by atoms with Gasteiger partial charge in [-0.25, -0.2) is 9.79 Å². The molecule has 5 rings (SSSR count). The van der Waals surface area contributed by atoms with Gasteiger partial charge in [0.2, 0.25) is 0 Å². The maximum Gasteiger partial charge on any atom is 0.338 e. The number of thiazole rings is 1. The molecule has 1 atom stereocenters. The molecular weight excluding hydrogens is 548 g/mol. The summed E-state index contributed by atoms with van der Waals surface area (Å²) >= 11 is 7.44. The first kappa shape index (κ1) is 27.7. The molecule has 4 aromatic rings. The predicted molar refractivity (Wildman–Crippen MR) is 156 cm³/mol. The Bertz CT molecular complexity index is 1790. The first-order chi connectivity index (χ1) is 19.2. The number of ether oxygens (including phenoxy) is 2. The average molecular weight is 577 g/mol. The Balaban J connectivity index is 1.61. The molecule has 1 aliphatic rings. The lowest BCUT2D eigenvalue weighted by Crippen LogP contribution is -2.39. The number of hydrogen-bond acceptors (Lipinski definition) is 7. The Hall–Kier alpha value is -3.88. The van der Waals surface area contributed by atoms with E-state index in [1.54, 1.807) is 24.5 Å². The normalized spacial score (nSPS) is 15.3. The fourth-order valence-electron chi connectivity index (χ4n) is 4.67. The number of hydrogen-bond donors (Lipinski definition) is 0. The second-order valence-corrected chi connectivity index (χ2v) is 11.1. The van der Waals surface area contributed by atoms with Crippen LogP contribution in [0.4, 0.5) is 0 Å². The topological polar surface area (TPSA) is 83.0 Å². The Morgan fingerprint density at radius 2 is 1.90 bits per heavy atom. The quantitative estimate of drug-likeness (QED) is 0.259. The van der Waals surface area contributed by atoms with Gasteiger partial charge in [-0.15, -0.1) is 0 Å². The lowest BCUT2D eigenvalue weighted by atomic mass is 9.96. The Kier molecular flexibility index (Phi) is 7.83. The van der Waals surface area contributed by atoms with Gasteiger partial charge in [-0.2, -0.15) is 0 Å². The van der Waals surface area contributed by atoms with E-state index < -0.39 is 12.0 Å². The Morgan fingerprint density at radius 1 is 1.15 bits per heavy atom. The molecule has 3 heterocycles. The molecule has 0 fully saturated rings. The molecule has 0 spiro atoms. The van der Waals surface area contributed by atoms with Crippen LogP contribution in [-0.4, -0.2) is 23.2 Å². The average Bonchev–Trinajstić information content (AvgIpc) is 3.49. The first-order valence-corrected chi connectivity index (χ1v) is 14.2. The zero-order valence-corrected chi connectivity index (χ0v) is 24.4. The number of nitrogens with zero attached hydrogens (tertiary/aromatic N) is 2. The number of rotatable bonds is 7. The minimum atomic E-state index is -0.702. The van der Waals surface area contributed by atoms with Gasteiger partial charge in [-0.05, 0) is 82.1 Å². The highest BCUT2D eigenvalue weighted by atomic mass is 35.5. The van der Waals surface area contributed by atoms with E-state index in [4.69, 9.17) is 25.5 Å². The standard InChI is InChI=1S/C31H29ClN2O5S/c1-6-37-30(36)27-19(5)33-31-34(28(27)20-8-11-22(12-9-20)38-17(2)3)29(35)26(40-31)16-23-13-14-25(39-23)24-15-21(32)10-7-18(24)4/h7-17,28H,6H2,1-5H3/b26-16-/t28-/m1/s1. The second kappa shape index (κ2) is 11.3. The molecule has 2 aromatic heterocycles. The van der Waals surface area contributed by atoms with Crippen molar-refractivity contribution < 1.29 is 18.7 Å². The summed E-state index contributed by atoms with van der Waals surface area (Å²) in [7, 11) is 0. The summed E-state index contributed by atoms with van der Waals surface area (Å²) < 4.78 is 19.2. The van der Waals surface area contributed by atoms with E-state index in [0.29, 0.717) is 42.9 Å². The monoisotopic (exact) mass is 576 g/mol. The Morgan fingerprint density at radius 3 is 2.60 bits per heavy atom. The van der Waals surface area contributed by atoms with Crippen molar-refractivity contribution in [1.82, 2.24) is 4.57 Å². The molecule has 0 radical (unpaired) electrons. The minimum absolute atomic E-state index is 0.0191. The molecule has 0 bridgehead atoms. The van der Waals surface area contributed by atoms with E-state index in [0.717, 1.165) is 16.7 Å². The number of carbonyl (C=O) groups is 1. The maximum absolute atomic E-state index is 13.8. The fourth-order valence-corrected chi connectivity index (χ4v) is 5.87. The van der Waals surface area contributed by atoms with Gasteiger partial charge >= 0.3 is 5.97 Å². The van der Waals surface area contributed by atoms with Gasteiger partial charge in [-0.1, -0.05) is 41.1 Å². The number of furan rings is 1. The van der Waals surface area contributed by atoms with E-state index in [1.165, 1.54) is 11.3 Å². The highest BCUT2D eigenvalue weighted by Gasteiger charge is 2.33. The molecule has 1 aliphatic heterocycles. The number of esters is 1. The first-order valence-electron chi connectivity index (χ1n) is 13.0. The summed E-state index contributed by atoms with van der Waals surface area (Å²) in [6, 6.07) is 16.0. The number of carbonyl (C=O) groups excluding carboxylic acids is 1. The number of halogens is 1. The van der Waals surface area contributed by atoms with Crippen LogP contribution in [0.15, 0.2) is 80.1 Å². The van der Waals surface area contributed by atoms with Crippen molar-refractivity contribution in [3.8, 4) is 17.1 Å². The van der Waals surface area contributed by atoms with Gasteiger partial charge in [0, 0.05) is 16.7 Å². The number of aromatic nitrogens is 1. The van der Waals surface area contributed by atoms with Crippen LogP contribution in [-0.2, 0) is 9.53 Å². The smallest absolute Gasteiger partial charge is 0.338 e.